The van der Waals surface area contributed by atoms with Crippen LogP contribution in [0, 0.1) is 0 Å². The van der Waals surface area contributed by atoms with E-state index in [2.05, 4.69) is 11.1 Å². The minimum atomic E-state index is 0.830. The van der Waals surface area contributed by atoms with E-state index in [1.54, 1.807) is 0 Å². The average molecular weight is 147 g/mol. The lowest BCUT2D eigenvalue weighted by Crippen LogP contribution is -1.90. The van der Waals surface area contributed by atoms with Gasteiger partial charge in [-0.15, -0.1) is 0 Å². The summed E-state index contributed by atoms with van der Waals surface area (Å²) in [4.78, 5) is 4.04. The molecule has 1 aromatic rings. The van der Waals surface area contributed by atoms with Crippen LogP contribution < -0.4 is 4.74 Å². The fraction of sp³-hybridized carbons (Fsp3) is 0.222. The van der Waals surface area contributed by atoms with Gasteiger partial charge in [-0.2, -0.15) is 0 Å². The molecule has 1 aromatic carbocycles. The van der Waals surface area contributed by atoms with Crippen LogP contribution in [0.25, 0.3) is 0 Å². The van der Waals surface area contributed by atoms with Crippen LogP contribution in [0.5, 0.6) is 5.75 Å². The summed E-state index contributed by atoms with van der Waals surface area (Å²) < 4.78 is 5.26. The highest BCUT2D eigenvalue weighted by Crippen LogP contribution is 2.19. The van der Waals surface area contributed by atoms with Crippen molar-refractivity contribution in [1.29, 1.82) is 0 Å². The number of hydrogen-bond acceptors (Lipinski definition) is 2. The molecule has 0 bridgehead atoms. The molecule has 56 valence electrons. The molecule has 0 atom stereocenters. The van der Waals surface area contributed by atoms with E-state index in [0.717, 1.165) is 18.7 Å². The molecule has 11 heavy (non-hydrogen) atoms. The molecule has 1 aliphatic heterocycles. The predicted molar refractivity (Wildman–Crippen MR) is 44.1 cm³/mol. The highest BCUT2D eigenvalue weighted by Gasteiger charge is 2.03. The van der Waals surface area contributed by atoms with Gasteiger partial charge in [0, 0.05) is 6.54 Å². The van der Waals surface area contributed by atoms with Gasteiger partial charge in [-0.05, 0) is 18.1 Å². The third kappa shape index (κ3) is 1.24. The smallest absolute Gasteiger partial charge is 0.176 e. The summed E-state index contributed by atoms with van der Waals surface area (Å²) >= 11 is 0. The van der Waals surface area contributed by atoms with Crippen LogP contribution in [-0.4, -0.2) is 12.9 Å². The molecule has 0 N–H and O–H groups in total. The normalized spacial score (nSPS) is 14.9. The molecule has 1 heterocycles. The Bertz CT molecular complexity index is 281. The van der Waals surface area contributed by atoms with E-state index >= 15 is 0 Å². The zero-order valence-corrected chi connectivity index (χ0v) is 6.16. The Morgan fingerprint density at radius 3 is 3.18 bits per heavy atom. The third-order valence-corrected chi connectivity index (χ3v) is 1.74. The quantitative estimate of drug-likeness (QED) is 0.546. The molecular weight excluding hydrogens is 138 g/mol. The molecule has 0 amide bonds. The average Bonchev–Trinajstić information content (AvgIpc) is 2.28. The monoisotopic (exact) mass is 147 g/mol. The lowest BCUT2D eigenvalue weighted by Gasteiger charge is -2.01. The van der Waals surface area contributed by atoms with Crippen LogP contribution in [0.1, 0.15) is 5.56 Å². The molecule has 2 heteroatoms. The SMILES string of the molecule is C1=NCCc2ccccc2O1. The molecule has 2 rings (SSSR count). The fourth-order valence-corrected chi connectivity index (χ4v) is 1.16. The third-order valence-electron chi connectivity index (χ3n) is 1.74. The number of benzene rings is 1. The van der Waals surface area contributed by atoms with Crippen LogP contribution in [0.15, 0.2) is 29.3 Å². The van der Waals surface area contributed by atoms with Gasteiger partial charge >= 0.3 is 0 Å². The Hall–Kier alpha value is -1.31. The molecule has 0 saturated heterocycles. The predicted octanol–water partition coefficient (Wildman–Crippen LogP) is 1.65. The topological polar surface area (TPSA) is 21.6 Å². The Kier molecular flexibility index (Phi) is 1.60. The Morgan fingerprint density at radius 2 is 2.18 bits per heavy atom. The van der Waals surface area contributed by atoms with Crippen molar-refractivity contribution in [2.45, 2.75) is 6.42 Å². The highest BCUT2D eigenvalue weighted by atomic mass is 16.5. The van der Waals surface area contributed by atoms with E-state index < -0.39 is 0 Å². The minimum Gasteiger partial charge on any atom is -0.446 e. The van der Waals surface area contributed by atoms with Crippen molar-refractivity contribution in [3.63, 3.8) is 0 Å². The van der Waals surface area contributed by atoms with Crippen LogP contribution in [0.2, 0.25) is 0 Å². The van der Waals surface area contributed by atoms with Gasteiger partial charge in [0.15, 0.2) is 6.40 Å². The van der Waals surface area contributed by atoms with Gasteiger partial charge < -0.3 is 4.74 Å². The molecule has 0 fully saturated rings. The van der Waals surface area contributed by atoms with E-state index in [1.807, 2.05) is 18.2 Å². The zero-order chi connectivity index (χ0) is 7.52. The molecule has 0 aliphatic carbocycles. The van der Waals surface area contributed by atoms with Crippen LogP contribution >= 0.6 is 0 Å². The van der Waals surface area contributed by atoms with Crippen molar-refractivity contribution in [3.8, 4) is 5.75 Å². The summed E-state index contributed by atoms with van der Waals surface area (Å²) in [6.07, 6.45) is 2.50. The van der Waals surface area contributed by atoms with Crippen LogP contribution in [0.3, 0.4) is 0 Å². The minimum absolute atomic E-state index is 0.830. The van der Waals surface area contributed by atoms with Crippen LogP contribution in [-0.2, 0) is 6.42 Å². The van der Waals surface area contributed by atoms with E-state index in [4.69, 9.17) is 4.74 Å². The second-order valence-corrected chi connectivity index (χ2v) is 2.49. The maximum Gasteiger partial charge on any atom is 0.176 e. The molecular formula is C9H9NO. The van der Waals surface area contributed by atoms with Gasteiger partial charge in [0.1, 0.15) is 5.75 Å². The molecule has 0 spiro atoms. The number of ether oxygens (including phenoxy) is 1. The van der Waals surface area contributed by atoms with Crippen molar-refractivity contribution >= 4 is 6.40 Å². The Morgan fingerprint density at radius 1 is 1.27 bits per heavy atom. The Balaban J connectivity index is 2.40. The van der Waals surface area contributed by atoms with Gasteiger partial charge in [-0.3, -0.25) is 4.99 Å². The first-order chi connectivity index (χ1) is 5.47. The van der Waals surface area contributed by atoms with Gasteiger partial charge in [0.25, 0.3) is 0 Å². The molecule has 1 aliphatic rings. The lowest BCUT2D eigenvalue weighted by atomic mass is 10.1. The van der Waals surface area contributed by atoms with Gasteiger partial charge in [-0.25, -0.2) is 0 Å². The standard InChI is InChI=1S/C9H9NO/c1-2-4-9-8(3-1)5-6-10-7-11-9/h1-4,7H,5-6H2. The zero-order valence-electron chi connectivity index (χ0n) is 6.16. The number of aliphatic imine (C=N–C) groups is 1. The number of hydrogen-bond donors (Lipinski definition) is 0. The first-order valence-corrected chi connectivity index (χ1v) is 3.70. The molecule has 0 saturated carbocycles. The van der Waals surface area contributed by atoms with Crippen molar-refractivity contribution in [2.75, 3.05) is 6.54 Å². The summed E-state index contributed by atoms with van der Waals surface area (Å²) in [5.41, 5.74) is 1.24. The molecule has 0 aromatic heterocycles. The summed E-state index contributed by atoms with van der Waals surface area (Å²) in [5, 5.41) is 0. The molecule has 0 radical (unpaired) electrons. The van der Waals surface area contributed by atoms with Crippen LogP contribution in [0.4, 0.5) is 0 Å². The second-order valence-electron chi connectivity index (χ2n) is 2.49. The summed E-state index contributed by atoms with van der Waals surface area (Å²) in [5.74, 6) is 0.939. The highest BCUT2D eigenvalue weighted by molar-refractivity contribution is 5.54. The maximum atomic E-state index is 5.26. The van der Waals surface area contributed by atoms with E-state index in [9.17, 15) is 0 Å². The Labute approximate surface area is 65.5 Å². The molecule has 0 unspecified atom stereocenters. The first kappa shape index (κ1) is 6.40. The number of rotatable bonds is 0. The van der Waals surface area contributed by atoms with Crippen molar-refractivity contribution in [3.05, 3.63) is 29.8 Å². The fourth-order valence-electron chi connectivity index (χ4n) is 1.16. The van der Waals surface area contributed by atoms with Crippen molar-refractivity contribution in [1.82, 2.24) is 0 Å². The largest absolute Gasteiger partial charge is 0.446 e. The van der Waals surface area contributed by atoms with Gasteiger partial charge in [0.05, 0.1) is 0 Å². The number of para-hydroxylation sites is 1. The van der Waals surface area contributed by atoms with E-state index in [-0.39, 0.29) is 0 Å². The maximum absolute atomic E-state index is 5.26. The van der Waals surface area contributed by atoms with E-state index in [1.165, 1.54) is 12.0 Å². The first-order valence-electron chi connectivity index (χ1n) is 3.70. The van der Waals surface area contributed by atoms with E-state index in [0.29, 0.717) is 0 Å². The van der Waals surface area contributed by atoms with Gasteiger partial charge in [-0.1, -0.05) is 18.2 Å². The van der Waals surface area contributed by atoms with Crippen molar-refractivity contribution in [2.24, 2.45) is 4.99 Å². The lowest BCUT2D eigenvalue weighted by molar-refractivity contribution is 0.572. The number of fused-ring (bicyclic) bond motifs is 1. The summed E-state index contributed by atoms with van der Waals surface area (Å²) in [7, 11) is 0. The summed E-state index contributed by atoms with van der Waals surface area (Å²) in [6.45, 7) is 0.830. The van der Waals surface area contributed by atoms with Crippen molar-refractivity contribution < 1.29 is 4.74 Å². The summed E-state index contributed by atoms with van der Waals surface area (Å²) in [6, 6.07) is 8.03. The number of nitrogens with zero attached hydrogens (tertiary/aromatic N) is 1. The molecule has 2 nitrogen and oxygen atoms in total. The second kappa shape index (κ2) is 2.74. The van der Waals surface area contributed by atoms with Gasteiger partial charge in [0.2, 0.25) is 0 Å².